The summed E-state index contributed by atoms with van der Waals surface area (Å²) in [5.41, 5.74) is 0.825. The van der Waals surface area contributed by atoms with E-state index in [9.17, 15) is 0 Å². The molecule has 16 heavy (non-hydrogen) atoms. The summed E-state index contributed by atoms with van der Waals surface area (Å²) in [6.45, 7) is 6.88. The average Bonchev–Trinajstić information content (AvgIpc) is 2.28. The number of hydrogen-bond acceptors (Lipinski definition) is 3. The molecule has 0 aliphatic carbocycles. The van der Waals surface area contributed by atoms with Gasteiger partial charge in [-0.25, -0.2) is 0 Å². The molecule has 1 atom stereocenters. The maximum Gasteiger partial charge on any atom is 0.113 e. The van der Waals surface area contributed by atoms with Crippen molar-refractivity contribution in [3.05, 3.63) is 29.8 Å². The Labute approximate surface area is 102 Å². The van der Waals surface area contributed by atoms with Gasteiger partial charge in [0.05, 0.1) is 6.07 Å². The van der Waals surface area contributed by atoms with Crippen LogP contribution in [0.4, 0.5) is 0 Å². The van der Waals surface area contributed by atoms with E-state index in [0.29, 0.717) is 0 Å². The molecule has 0 radical (unpaired) electrons. The summed E-state index contributed by atoms with van der Waals surface area (Å²) in [7, 11) is 0. The van der Waals surface area contributed by atoms with Crippen LogP contribution in [-0.4, -0.2) is 17.8 Å². The monoisotopic (exact) mass is 234 g/mol. The lowest BCUT2D eigenvalue weighted by molar-refractivity contribution is 0.511. The summed E-state index contributed by atoms with van der Waals surface area (Å²) < 4.78 is 0. The molecule has 1 N–H and O–H groups in total. The molecule has 1 aromatic rings. The predicted molar refractivity (Wildman–Crippen MR) is 69.6 cm³/mol. The number of rotatable bonds is 5. The van der Waals surface area contributed by atoms with Crippen molar-refractivity contribution < 1.29 is 0 Å². The third-order valence-electron chi connectivity index (χ3n) is 2.42. The molecule has 0 amide bonds. The average molecular weight is 234 g/mol. The molecule has 86 valence electrons. The van der Waals surface area contributed by atoms with E-state index in [0.717, 1.165) is 12.3 Å². The van der Waals surface area contributed by atoms with Crippen LogP contribution in [0.2, 0.25) is 0 Å². The minimum atomic E-state index is -0.443. The van der Waals surface area contributed by atoms with Gasteiger partial charge in [0.1, 0.15) is 5.54 Å². The molecule has 0 heterocycles. The lowest BCUT2D eigenvalue weighted by atomic mass is 10.1. The van der Waals surface area contributed by atoms with E-state index < -0.39 is 5.54 Å². The third-order valence-corrected chi connectivity index (χ3v) is 3.91. The fraction of sp³-hybridized carbons (Fsp3) is 0.462. The molecule has 2 nitrogen and oxygen atoms in total. The quantitative estimate of drug-likeness (QED) is 0.796. The molecule has 1 unspecified atom stereocenters. The highest BCUT2D eigenvalue weighted by molar-refractivity contribution is 7.99. The van der Waals surface area contributed by atoms with Crippen molar-refractivity contribution >= 4 is 11.8 Å². The van der Waals surface area contributed by atoms with E-state index in [1.807, 2.05) is 26.0 Å². The largest absolute Gasteiger partial charge is 0.299 e. The third kappa shape index (κ3) is 3.55. The molecular formula is C13H18N2S. The fourth-order valence-electron chi connectivity index (χ4n) is 1.45. The molecule has 0 aliphatic heterocycles. The van der Waals surface area contributed by atoms with Gasteiger partial charge in [-0.1, -0.05) is 25.1 Å². The molecule has 0 saturated carbocycles. The van der Waals surface area contributed by atoms with Gasteiger partial charge in [-0.3, -0.25) is 5.32 Å². The number of aryl methyl sites for hydroxylation is 1. The standard InChI is InChI=1S/C13H18N2S/c1-4-15-13(3,9-14)10-16-12-8-6-5-7-11(12)2/h5-8,15H,4,10H2,1-3H3. The van der Waals surface area contributed by atoms with Crippen LogP contribution in [0.1, 0.15) is 19.4 Å². The molecule has 3 heteroatoms. The Morgan fingerprint density at radius 2 is 2.12 bits per heavy atom. The number of hydrogen-bond donors (Lipinski definition) is 1. The first-order chi connectivity index (χ1) is 7.61. The molecular weight excluding hydrogens is 216 g/mol. The predicted octanol–water partition coefficient (Wildman–Crippen LogP) is 2.98. The Balaban J connectivity index is 2.64. The normalized spacial score (nSPS) is 14.1. The highest BCUT2D eigenvalue weighted by atomic mass is 32.2. The van der Waals surface area contributed by atoms with E-state index in [4.69, 9.17) is 5.26 Å². The first-order valence-electron chi connectivity index (χ1n) is 5.46. The second kappa shape index (κ2) is 5.93. The molecule has 0 aliphatic rings. The van der Waals surface area contributed by atoms with Gasteiger partial charge in [-0.05, 0) is 32.0 Å². The molecule has 0 aromatic heterocycles. The maximum absolute atomic E-state index is 9.14. The smallest absolute Gasteiger partial charge is 0.113 e. The second-order valence-electron chi connectivity index (χ2n) is 4.03. The Morgan fingerprint density at radius 1 is 1.44 bits per heavy atom. The molecule has 0 bridgehead atoms. The first kappa shape index (κ1) is 13.1. The summed E-state index contributed by atoms with van der Waals surface area (Å²) in [6.07, 6.45) is 0. The van der Waals surface area contributed by atoms with E-state index in [2.05, 4.69) is 30.4 Å². The Hall–Kier alpha value is -0.980. The van der Waals surface area contributed by atoms with Gasteiger partial charge in [-0.15, -0.1) is 11.8 Å². The maximum atomic E-state index is 9.14. The van der Waals surface area contributed by atoms with Gasteiger partial charge in [0, 0.05) is 10.6 Å². The lowest BCUT2D eigenvalue weighted by Crippen LogP contribution is -2.43. The Morgan fingerprint density at radius 3 is 2.69 bits per heavy atom. The van der Waals surface area contributed by atoms with Gasteiger partial charge < -0.3 is 0 Å². The number of thioether (sulfide) groups is 1. The van der Waals surface area contributed by atoms with Crippen molar-refractivity contribution in [1.82, 2.24) is 5.32 Å². The highest BCUT2D eigenvalue weighted by Gasteiger charge is 2.22. The number of nitrogens with zero attached hydrogens (tertiary/aromatic N) is 1. The van der Waals surface area contributed by atoms with Gasteiger partial charge in [-0.2, -0.15) is 5.26 Å². The highest BCUT2D eigenvalue weighted by Crippen LogP contribution is 2.25. The zero-order valence-electron chi connectivity index (χ0n) is 10.1. The van der Waals surface area contributed by atoms with Crippen molar-refractivity contribution in [2.24, 2.45) is 0 Å². The van der Waals surface area contributed by atoms with Crippen molar-refractivity contribution in [3.8, 4) is 6.07 Å². The minimum absolute atomic E-state index is 0.443. The van der Waals surface area contributed by atoms with Crippen molar-refractivity contribution in [2.75, 3.05) is 12.3 Å². The minimum Gasteiger partial charge on any atom is -0.299 e. The van der Waals surface area contributed by atoms with E-state index in [-0.39, 0.29) is 0 Å². The van der Waals surface area contributed by atoms with E-state index in [1.54, 1.807) is 11.8 Å². The summed E-state index contributed by atoms with van der Waals surface area (Å²) in [6, 6.07) is 10.6. The van der Waals surface area contributed by atoms with Crippen LogP contribution in [0, 0.1) is 18.3 Å². The summed E-state index contributed by atoms with van der Waals surface area (Å²) in [5.74, 6) is 0.766. The molecule has 0 saturated heterocycles. The zero-order chi connectivity index (χ0) is 12.0. The molecule has 1 rings (SSSR count). The van der Waals surface area contributed by atoms with Crippen LogP contribution in [-0.2, 0) is 0 Å². The van der Waals surface area contributed by atoms with Gasteiger partial charge in [0.2, 0.25) is 0 Å². The van der Waals surface area contributed by atoms with Crippen LogP contribution in [0.5, 0.6) is 0 Å². The lowest BCUT2D eigenvalue weighted by Gasteiger charge is -2.22. The summed E-state index contributed by atoms with van der Waals surface area (Å²) in [5, 5.41) is 12.4. The Bertz CT molecular complexity index is 384. The van der Waals surface area contributed by atoms with E-state index >= 15 is 0 Å². The zero-order valence-corrected chi connectivity index (χ0v) is 10.9. The number of nitrogens with one attached hydrogen (secondary N) is 1. The topological polar surface area (TPSA) is 35.8 Å². The summed E-state index contributed by atoms with van der Waals surface area (Å²) >= 11 is 1.73. The SMILES string of the molecule is CCNC(C)(C#N)CSc1ccccc1C. The van der Waals surface area contributed by atoms with Gasteiger partial charge >= 0.3 is 0 Å². The van der Waals surface area contributed by atoms with Crippen molar-refractivity contribution in [2.45, 2.75) is 31.2 Å². The van der Waals surface area contributed by atoms with Crippen LogP contribution in [0.3, 0.4) is 0 Å². The summed E-state index contributed by atoms with van der Waals surface area (Å²) in [4.78, 5) is 1.25. The number of nitriles is 1. The molecule has 0 spiro atoms. The van der Waals surface area contributed by atoms with Crippen LogP contribution < -0.4 is 5.32 Å². The molecule has 1 aromatic carbocycles. The first-order valence-corrected chi connectivity index (χ1v) is 6.44. The number of benzene rings is 1. The second-order valence-corrected chi connectivity index (χ2v) is 5.05. The molecule has 0 fully saturated rings. The van der Waals surface area contributed by atoms with Crippen molar-refractivity contribution in [3.63, 3.8) is 0 Å². The fourth-order valence-corrected chi connectivity index (χ4v) is 2.53. The van der Waals surface area contributed by atoms with Gasteiger partial charge in [0.25, 0.3) is 0 Å². The Kier molecular flexibility index (Phi) is 4.85. The van der Waals surface area contributed by atoms with Crippen molar-refractivity contribution in [1.29, 1.82) is 5.26 Å². The van der Waals surface area contributed by atoms with E-state index in [1.165, 1.54) is 10.5 Å². The van der Waals surface area contributed by atoms with Crippen LogP contribution in [0.15, 0.2) is 29.2 Å². The van der Waals surface area contributed by atoms with Crippen LogP contribution in [0.25, 0.3) is 0 Å². The van der Waals surface area contributed by atoms with Crippen LogP contribution >= 0.6 is 11.8 Å². The van der Waals surface area contributed by atoms with Gasteiger partial charge in [0.15, 0.2) is 0 Å².